The van der Waals surface area contributed by atoms with Gasteiger partial charge >= 0.3 is 6.18 Å². The van der Waals surface area contributed by atoms with Crippen LogP contribution in [0, 0.1) is 0 Å². The molecule has 0 heterocycles. The van der Waals surface area contributed by atoms with Crippen LogP contribution in [0.3, 0.4) is 0 Å². The van der Waals surface area contributed by atoms with Crippen LogP contribution in [0.4, 0.5) is 13.2 Å². The summed E-state index contributed by atoms with van der Waals surface area (Å²) in [5.74, 6) is 0. The van der Waals surface area contributed by atoms with E-state index in [0.29, 0.717) is 5.56 Å². The molecule has 0 atom stereocenters. The number of rotatable bonds is 2. The number of benzene rings is 1. The average Bonchev–Trinajstić information content (AvgIpc) is 3.12. The Hall–Kier alpha value is -0.740. The van der Waals surface area contributed by atoms with Gasteiger partial charge in [0.2, 0.25) is 0 Å². The molecule has 0 radical (unpaired) electrons. The van der Waals surface area contributed by atoms with E-state index < -0.39 is 11.7 Å². The molecule has 3 rings (SSSR count). The summed E-state index contributed by atoms with van der Waals surface area (Å²) in [7, 11) is 0. The molecule has 1 aromatic carbocycles. The molecule has 2 aliphatic carbocycles. The van der Waals surface area contributed by atoms with Crippen LogP contribution in [-0.4, -0.2) is 5.54 Å². The zero-order valence-electron chi connectivity index (χ0n) is 9.65. The number of halogens is 4. The van der Waals surface area contributed by atoms with Gasteiger partial charge < -0.3 is 5.73 Å². The van der Waals surface area contributed by atoms with Gasteiger partial charge in [0.1, 0.15) is 0 Å². The smallest absolute Gasteiger partial charge is 0.324 e. The van der Waals surface area contributed by atoms with Crippen LogP contribution in [-0.2, 0) is 11.6 Å². The van der Waals surface area contributed by atoms with Gasteiger partial charge in [-0.05, 0) is 43.4 Å². The highest BCUT2D eigenvalue weighted by molar-refractivity contribution is 6.31. The lowest BCUT2D eigenvalue weighted by atomic mass is 9.85. The Balaban J connectivity index is 2.05. The van der Waals surface area contributed by atoms with E-state index >= 15 is 0 Å². The van der Waals surface area contributed by atoms with Gasteiger partial charge in [0.15, 0.2) is 0 Å². The zero-order valence-corrected chi connectivity index (χ0v) is 10.4. The molecule has 0 amide bonds. The first-order valence-electron chi connectivity index (χ1n) is 5.95. The maximum absolute atomic E-state index is 12.8. The van der Waals surface area contributed by atoms with Gasteiger partial charge in [0, 0.05) is 11.0 Å². The molecule has 2 aliphatic rings. The highest BCUT2D eigenvalue weighted by Gasteiger charge is 2.64. The summed E-state index contributed by atoms with van der Waals surface area (Å²) >= 11 is 5.63. The van der Waals surface area contributed by atoms with E-state index in [9.17, 15) is 13.2 Å². The molecule has 1 nitrogen and oxygen atoms in total. The Morgan fingerprint density at radius 2 is 1.72 bits per heavy atom. The number of hydrogen-bond donors (Lipinski definition) is 1. The molecular weight excluding hydrogens is 263 g/mol. The molecule has 0 saturated heterocycles. The molecule has 0 spiro atoms. The van der Waals surface area contributed by atoms with Crippen LogP contribution in [0.2, 0.25) is 5.02 Å². The molecule has 18 heavy (non-hydrogen) atoms. The fourth-order valence-corrected chi connectivity index (χ4v) is 3.08. The van der Waals surface area contributed by atoms with Gasteiger partial charge in [-0.2, -0.15) is 13.2 Å². The van der Waals surface area contributed by atoms with Crippen molar-refractivity contribution in [3.63, 3.8) is 0 Å². The van der Waals surface area contributed by atoms with E-state index in [0.717, 1.165) is 25.7 Å². The van der Waals surface area contributed by atoms with Crippen molar-refractivity contribution in [1.29, 1.82) is 0 Å². The maximum Gasteiger partial charge on any atom is 0.417 e. The van der Waals surface area contributed by atoms with Gasteiger partial charge in [-0.1, -0.05) is 17.7 Å². The van der Waals surface area contributed by atoms with E-state index in [2.05, 4.69) is 0 Å². The van der Waals surface area contributed by atoms with Crippen molar-refractivity contribution >= 4 is 11.6 Å². The lowest BCUT2D eigenvalue weighted by molar-refractivity contribution is -0.137. The van der Waals surface area contributed by atoms with Crippen LogP contribution < -0.4 is 5.73 Å². The zero-order chi connectivity index (χ0) is 13.2. The maximum atomic E-state index is 12.8. The minimum Gasteiger partial charge on any atom is -0.324 e. The lowest BCUT2D eigenvalue weighted by Crippen LogP contribution is -2.37. The average molecular weight is 276 g/mol. The first-order valence-corrected chi connectivity index (χ1v) is 6.32. The van der Waals surface area contributed by atoms with Crippen molar-refractivity contribution in [2.45, 2.75) is 42.8 Å². The SMILES string of the molecule is NC1(C2(c3ccc(Cl)c(C(F)(F)F)c3)CC2)CC1. The molecule has 0 bridgehead atoms. The highest BCUT2D eigenvalue weighted by Crippen LogP contribution is 2.63. The highest BCUT2D eigenvalue weighted by atomic mass is 35.5. The minimum atomic E-state index is -4.41. The second-order valence-corrected chi connectivity index (χ2v) is 5.84. The Morgan fingerprint density at radius 1 is 1.11 bits per heavy atom. The van der Waals surface area contributed by atoms with E-state index in [1.807, 2.05) is 0 Å². The monoisotopic (exact) mass is 275 g/mol. The quantitative estimate of drug-likeness (QED) is 0.871. The van der Waals surface area contributed by atoms with Crippen molar-refractivity contribution in [2.24, 2.45) is 5.73 Å². The third kappa shape index (κ3) is 1.66. The summed E-state index contributed by atoms with van der Waals surface area (Å²) in [6.45, 7) is 0. The van der Waals surface area contributed by atoms with Gasteiger partial charge in [-0.3, -0.25) is 0 Å². The molecule has 98 valence electrons. The second-order valence-electron chi connectivity index (χ2n) is 5.43. The molecule has 2 saturated carbocycles. The predicted octanol–water partition coefficient (Wildman–Crippen LogP) is 3.88. The van der Waals surface area contributed by atoms with Crippen LogP contribution in [0.15, 0.2) is 18.2 Å². The lowest BCUT2D eigenvalue weighted by Gasteiger charge is -2.24. The fourth-order valence-electron chi connectivity index (χ4n) is 2.85. The van der Waals surface area contributed by atoms with E-state index in [1.165, 1.54) is 12.1 Å². The summed E-state index contributed by atoms with van der Waals surface area (Å²) in [6, 6.07) is 4.21. The third-order valence-electron chi connectivity index (χ3n) is 4.32. The van der Waals surface area contributed by atoms with E-state index in [-0.39, 0.29) is 16.0 Å². The summed E-state index contributed by atoms with van der Waals surface area (Å²) in [5, 5.41) is -0.246. The normalized spacial score (nSPS) is 23.8. The Bertz CT molecular complexity index is 501. The van der Waals surface area contributed by atoms with Gasteiger partial charge in [-0.15, -0.1) is 0 Å². The van der Waals surface area contributed by atoms with Crippen LogP contribution in [0.25, 0.3) is 0 Å². The molecule has 2 N–H and O–H groups in total. The summed E-state index contributed by atoms with van der Waals surface area (Å²) in [6.07, 6.45) is -0.854. The topological polar surface area (TPSA) is 26.0 Å². The van der Waals surface area contributed by atoms with Crippen molar-refractivity contribution in [3.05, 3.63) is 34.3 Å². The van der Waals surface area contributed by atoms with Crippen LogP contribution in [0.5, 0.6) is 0 Å². The van der Waals surface area contributed by atoms with Crippen molar-refractivity contribution in [2.75, 3.05) is 0 Å². The summed E-state index contributed by atoms with van der Waals surface area (Å²) in [4.78, 5) is 0. The fraction of sp³-hybridized carbons (Fsp3) is 0.538. The molecule has 0 aliphatic heterocycles. The van der Waals surface area contributed by atoms with E-state index in [4.69, 9.17) is 17.3 Å². The second kappa shape index (κ2) is 3.42. The first-order chi connectivity index (χ1) is 8.29. The standard InChI is InChI=1S/C13H13ClF3N/c14-10-2-1-8(7-9(10)13(15,16)17)11(3-4-11)12(18)5-6-12/h1-2,7H,3-6,18H2. The number of hydrogen-bond acceptors (Lipinski definition) is 1. The Kier molecular flexibility index (Phi) is 2.34. The van der Waals surface area contributed by atoms with Gasteiger partial charge in [0.25, 0.3) is 0 Å². The molecule has 2 fully saturated rings. The summed E-state index contributed by atoms with van der Waals surface area (Å²) in [5.41, 5.74) is 5.62. The third-order valence-corrected chi connectivity index (χ3v) is 4.65. The van der Waals surface area contributed by atoms with Gasteiger partial charge in [-0.25, -0.2) is 0 Å². The molecule has 0 aromatic heterocycles. The number of alkyl halides is 3. The van der Waals surface area contributed by atoms with Gasteiger partial charge in [0.05, 0.1) is 10.6 Å². The van der Waals surface area contributed by atoms with Crippen molar-refractivity contribution in [1.82, 2.24) is 0 Å². The van der Waals surface area contributed by atoms with Crippen molar-refractivity contribution < 1.29 is 13.2 Å². The number of nitrogens with two attached hydrogens (primary N) is 1. The molecule has 1 aromatic rings. The Morgan fingerprint density at radius 3 is 2.17 bits per heavy atom. The molecule has 5 heteroatoms. The van der Waals surface area contributed by atoms with Crippen LogP contribution >= 0.6 is 11.6 Å². The van der Waals surface area contributed by atoms with Crippen molar-refractivity contribution in [3.8, 4) is 0 Å². The molecular formula is C13H13ClF3N. The largest absolute Gasteiger partial charge is 0.417 e. The summed E-state index contributed by atoms with van der Waals surface area (Å²) < 4.78 is 38.5. The minimum absolute atomic E-state index is 0.239. The predicted molar refractivity (Wildman–Crippen MR) is 63.5 cm³/mol. The van der Waals surface area contributed by atoms with Crippen LogP contribution in [0.1, 0.15) is 36.8 Å². The first kappa shape index (κ1) is 12.3. The Labute approximate surface area is 108 Å². The van der Waals surface area contributed by atoms with E-state index in [1.54, 1.807) is 6.07 Å². The molecule has 0 unspecified atom stereocenters.